The average Bonchev–Trinajstić information content (AvgIpc) is 2.73. The van der Waals surface area contributed by atoms with Crippen LogP contribution in [0.2, 0.25) is 0 Å². The summed E-state index contributed by atoms with van der Waals surface area (Å²) in [5.74, 6) is 0.442. The summed E-state index contributed by atoms with van der Waals surface area (Å²) in [6.07, 6.45) is 1.79. The molecule has 84 valence electrons. The first-order valence-corrected chi connectivity index (χ1v) is 6.40. The predicted octanol–water partition coefficient (Wildman–Crippen LogP) is 3.49. The molecule has 0 aromatic carbocycles. The fourth-order valence-corrected chi connectivity index (χ4v) is 2.27. The summed E-state index contributed by atoms with van der Waals surface area (Å²) in [7, 11) is 0. The summed E-state index contributed by atoms with van der Waals surface area (Å²) < 4.78 is 0. The summed E-state index contributed by atoms with van der Waals surface area (Å²) in [6.45, 7) is 4.31. The van der Waals surface area contributed by atoms with Gasteiger partial charge in [0.15, 0.2) is 0 Å². The highest BCUT2D eigenvalue weighted by Crippen LogP contribution is 2.28. The molecule has 4 heteroatoms. The van der Waals surface area contributed by atoms with Gasteiger partial charge in [-0.3, -0.25) is 10.1 Å². The number of H-pyrrole nitrogens is 1. The standard InChI is InChI=1S/C12H14BrN3/c1-8(2)11-9(7-13)12(16-15-11)10-5-3-4-6-14-10/h3-6,8H,7H2,1-2H3,(H,15,16). The van der Waals surface area contributed by atoms with Gasteiger partial charge in [-0.05, 0) is 18.1 Å². The second-order valence-electron chi connectivity index (χ2n) is 3.97. The molecule has 0 bridgehead atoms. The van der Waals surface area contributed by atoms with Gasteiger partial charge in [-0.1, -0.05) is 35.8 Å². The largest absolute Gasteiger partial charge is 0.281 e. The Morgan fingerprint density at radius 1 is 1.38 bits per heavy atom. The second kappa shape index (κ2) is 4.78. The Balaban J connectivity index is 2.50. The monoisotopic (exact) mass is 279 g/mol. The van der Waals surface area contributed by atoms with Crippen LogP contribution < -0.4 is 0 Å². The lowest BCUT2D eigenvalue weighted by atomic mass is 10.0. The Labute approximate surface area is 103 Å². The van der Waals surface area contributed by atoms with Crippen molar-refractivity contribution < 1.29 is 0 Å². The third-order valence-electron chi connectivity index (χ3n) is 2.52. The fourth-order valence-electron chi connectivity index (χ4n) is 1.71. The van der Waals surface area contributed by atoms with Crippen molar-refractivity contribution in [3.63, 3.8) is 0 Å². The van der Waals surface area contributed by atoms with Gasteiger partial charge < -0.3 is 0 Å². The molecule has 2 rings (SSSR count). The molecule has 0 aliphatic carbocycles. The Bertz CT molecular complexity index is 462. The van der Waals surface area contributed by atoms with Crippen molar-refractivity contribution in [3.05, 3.63) is 35.7 Å². The molecular formula is C12H14BrN3. The van der Waals surface area contributed by atoms with Crippen molar-refractivity contribution in [1.29, 1.82) is 0 Å². The highest BCUT2D eigenvalue weighted by atomic mass is 79.9. The SMILES string of the molecule is CC(C)c1[nH]nc(-c2ccccn2)c1CBr. The van der Waals surface area contributed by atoms with Gasteiger partial charge in [0.1, 0.15) is 5.69 Å². The van der Waals surface area contributed by atoms with E-state index in [2.05, 4.69) is 45.0 Å². The Morgan fingerprint density at radius 3 is 2.75 bits per heavy atom. The van der Waals surface area contributed by atoms with Crippen LogP contribution in [0, 0.1) is 0 Å². The number of rotatable bonds is 3. The molecule has 0 aliphatic rings. The van der Waals surface area contributed by atoms with E-state index in [-0.39, 0.29) is 0 Å². The first-order valence-electron chi connectivity index (χ1n) is 5.28. The molecule has 0 amide bonds. The van der Waals surface area contributed by atoms with E-state index in [9.17, 15) is 0 Å². The predicted molar refractivity (Wildman–Crippen MR) is 68.5 cm³/mol. The third-order valence-corrected chi connectivity index (χ3v) is 3.08. The molecule has 0 unspecified atom stereocenters. The summed E-state index contributed by atoms with van der Waals surface area (Å²) in [4.78, 5) is 4.33. The van der Waals surface area contributed by atoms with Crippen LogP contribution in [-0.2, 0) is 5.33 Å². The smallest absolute Gasteiger partial charge is 0.115 e. The molecule has 0 saturated heterocycles. The number of alkyl halides is 1. The van der Waals surface area contributed by atoms with E-state index in [1.54, 1.807) is 6.20 Å². The second-order valence-corrected chi connectivity index (χ2v) is 4.53. The first-order chi connectivity index (χ1) is 7.74. The molecule has 2 aromatic heterocycles. The number of aromatic nitrogens is 3. The molecular weight excluding hydrogens is 266 g/mol. The summed E-state index contributed by atoms with van der Waals surface area (Å²) in [5, 5.41) is 8.26. The molecule has 1 N–H and O–H groups in total. The van der Waals surface area contributed by atoms with Crippen LogP contribution in [0.4, 0.5) is 0 Å². The number of hydrogen-bond acceptors (Lipinski definition) is 2. The van der Waals surface area contributed by atoms with Crippen molar-refractivity contribution in [3.8, 4) is 11.4 Å². The van der Waals surface area contributed by atoms with Crippen LogP contribution in [0.25, 0.3) is 11.4 Å². The molecule has 0 spiro atoms. The highest BCUT2D eigenvalue weighted by molar-refractivity contribution is 9.08. The van der Waals surface area contributed by atoms with Crippen molar-refractivity contribution in [2.45, 2.75) is 25.1 Å². The van der Waals surface area contributed by atoms with E-state index in [0.717, 1.165) is 16.7 Å². The fraction of sp³-hybridized carbons (Fsp3) is 0.333. The number of nitrogens with zero attached hydrogens (tertiary/aromatic N) is 2. The van der Waals surface area contributed by atoms with Crippen LogP contribution in [0.1, 0.15) is 31.0 Å². The molecule has 0 fully saturated rings. The molecule has 0 radical (unpaired) electrons. The Morgan fingerprint density at radius 2 is 2.19 bits per heavy atom. The summed E-state index contributed by atoms with van der Waals surface area (Å²) in [5.41, 5.74) is 4.24. The minimum atomic E-state index is 0.442. The summed E-state index contributed by atoms with van der Waals surface area (Å²) in [6, 6.07) is 5.86. The number of halogens is 1. The summed E-state index contributed by atoms with van der Waals surface area (Å²) >= 11 is 3.52. The normalized spacial score (nSPS) is 11.0. The Hall–Kier alpha value is -1.16. The maximum atomic E-state index is 4.36. The minimum Gasteiger partial charge on any atom is -0.281 e. The van der Waals surface area contributed by atoms with Crippen molar-refractivity contribution >= 4 is 15.9 Å². The lowest BCUT2D eigenvalue weighted by Crippen LogP contribution is -1.93. The van der Waals surface area contributed by atoms with E-state index < -0.39 is 0 Å². The van der Waals surface area contributed by atoms with Crippen molar-refractivity contribution in [2.75, 3.05) is 0 Å². The van der Waals surface area contributed by atoms with E-state index in [1.807, 2.05) is 18.2 Å². The molecule has 16 heavy (non-hydrogen) atoms. The highest BCUT2D eigenvalue weighted by Gasteiger charge is 2.16. The third kappa shape index (κ3) is 2.02. The lowest BCUT2D eigenvalue weighted by Gasteiger charge is -2.04. The van der Waals surface area contributed by atoms with Gasteiger partial charge in [-0.15, -0.1) is 0 Å². The molecule has 2 aromatic rings. The number of aromatic amines is 1. The molecule has 0 aliphatic heterocycles. The van der Waals surface area contributed by atoms with Gasteiger partial charge in [0.2, 0.25) is 0 Å². The first kappa shape index (κ1) is 11.3. The Kier molecular flexibility index (Phi) is 3.39. The zero-order valence-corrected chi connectivity index (χ0v) is 11.0. The maximum absolute atomic E-state index is 4.36. The molecule has 2 heterocycles. The van der Waals surface area contributed by atoms with Crippen LogP contribution >= 0.6 is 15.9 Å². The number of pyridine rings is 1. The van der Waals surface area contributed by atoms with Crippen molar-refractivity contribution in [1.82, 2.24) is 15.2 Å². The van der Waals surface area contributed by atoms with Gasteiger partial charge in [0, 0.05) is 22.8 Å². The van der Waals surface area contributed by atoms with Gasteiger partial charge in [0.05, 0.1) is 5.69 Å². The molecule has 0 atom stereocenters. The molecule has 0 saturated carbocycles. The van der Waals surface area contributed by atoms with Gasteiger partial charge >= 0.3 is 0 Å². The lowest BCUT2D eigenvalue weighted by molar-refractivity contribution is 0.803. The van der Waals surface area contributed by atoms with Crippen LogP contribution in [0.5, 0.6) is 0 Å². The maximum Gasteiger partial charge on any atom is 0.115 e. The quantitative estimate of drug-likeness (QED) is 0.874. The zero-order chi connectivity index (χ0) is 11.5. The average molecular weight is 280 g/mol. The van der Waals surface area contributed by atoms with E-state index in [1.165, 1.54) is 11.3 Å². The number of hydrogen-bond donors (Lipinski definition) is 1. The van der Waals surface area contributed by atoms with Gasteiger partial charge in [-0.25, -0.2) is 0 Å². The zero-order valence-electron chi connectivity index (χ0n) is 9.37. The van der Waals surface area contributed by atoms with E-state index in [0.29, 0.717) is 5.92 Å². The van der Waals surface area contributed by atoms with Crippen molar-refractivity contribution in [2.24, 2.45) is 0 Å². The minimum absolute atomic E-state index is 0.442. The van der Waals surface area contributed by atoms with E-state index in [4.69, 9.17) is 0 Å². The topological polar surface area (TPSA) is 41.6 Å². The van der Waals surface area contributed by atoms with E-state index >= 15 is 0 Å². The number of nitrogens with one attached hydrogen (secondary N) is 1. The van der Waals surface area contributed by atoms with Crippen LogP contribution in [0.3, 0.4) is 0 Å². The van der Waals surface area contributed by atoms with Crippen LogP contribution in [0.15, 0.2) is 24.4 Å². The molecule has 3 nitrogen and oxygen atoms in total. The van der Waals surface area contributed by atoms with Gasteiger partial charge in [-0.2, -0.15) is 5.10 Å². The van der Waals surface area contributed by atoms with Crippen LogP contribution in [-0.4, -0.2) is 15.2 Å². The van der Waals surface area contributed by atoms with Gasteiger partial charge in [0.25, 0.3) is 0 Å².